The Labute approximate surface area is 166 Å². The molecule has 1 aliphatic carbocycles. The van der Waals surface area contributed by atoms with Gasteiger partial charge in [0.05, 0.1) is 11.8 Å². The second-order valence-corrected chi connectivity index (χ2v) is 11.0. The van der Waals surface area contributed by atoms with E-state index in [1.807, 2.05) is 6.20 Å². The van der Waals surface area contributed by atoms with Crippen LogP contribution in [0.5, 0.6) is 0 Å². The number of H-pyrrole nitrogens is 1. The van der Waals surface area contributed by atoms with Gasteiger partial charge in [-0.15, -0.1) is 0 Å². The number of carbonyl (C=O) groups is 1. The predicted molar refractivity (Wildman–Crippen MR) is 104 cm³/mol. The highest BCUT2D eigenvalue weighted by atomic mass is 32.2. The van der Waals surface area contributed by atoms with Crippen molar-refractivity contribution >= 4 is 15.9 Å². The minimum absolute atomic E-state index is 0.0398. The van der Waals surface area contributed by atoms with Gasteiger partial charge in [-0.05, 0) is 43.9 Å². The van der Waals surface area contributed by atoms with Gasteiger partial charge in [0.15, 0.2) is 0 Å². The summed E-state index contributed by atoms with van der Waals surface area (Å²) in [6, 6.07) is 0.203. The van der Waals surface area contributed by atoms with Crippen LogP contribution in [0.15, 0.2) is 12.4 Å². The van der Waals surface area contributed by atoms with Crippen molar-refractivity contribution < 1.29 is 13.2 Å². The largest absolute Gasteiger partial charge is 0.348 e. The molecule has 4 atom stereocenters. The summed E-state index contributed by atoms with van der Waals surface area (Å²) in [5.41, 5.74) is 0. The number of nitrogens with one attached hydrogen (secondary N) is 2. The molecule has 4 fully saturated rings. The Morgan fingerprint density at radius 2 is 2.04 bits per heavy atom. The summed E-state index contributed by atoms with van der Waals surface area (Å²) in [6.07, 6.45) is 8.79. The van der Waals surface area contributed by atoms with E-state index in [1.54, 1.807) is 6.20 Å². The fraction of sp³-hybridized carbons (Fsp3) is 0.789. The summed E-state index contributed by atoms with van der Waals surface area (Å²) in [4.78, 5) is 24.8. The summed E-state index contributed by atoms with van der Waals surface area (Å²) in [5, 5.41) is -0.224. The van der Waals surface area contributed by atoms with E-state index in [4.69, 9.17) is 0 Å². The monoisotopic (exact) mass is 407 g/mol. The molecule has 9 heteroatoms. The number of likely N-dealkylation sites (tertiary alicyclic amines) is 1. The second-order valence-electron chi connectivity index (χ2n) is 8.91. The average Bonchev–Trinajstić information content (AvgIpc) is 3.42. The van der Waals surface area contributed by atoms with Crippen LogP contribution in [0.1, 0.15) is 44.3 Å². The maximum absolute atomic E-state index is 12.8. The summed E-state index contributed by atoms with van der Waals surface area (Å²) in [5.74, 6) is 1.94. The minimum atomic E-state index is -3.24. The lowest BCUT2D eigenvalue weighted by atomic mass is 9.72. The van der Waals surface area contributed by atoms with Crippen molar-refractivity contribution in [3.8, 4) is 0 Å². The van der Waals surface area contributed by atoms with Crippen LogP contribution in [0.4, 0.5) is 0 Å². The first-order valence-electron chi connectivity index (χ1n) is 10.5. The highest BCUT2D eigenvalue weighted by Gasteiger charge is 2.49. The molecule has 4 aliphatic rings. The lowest BCUT2D eigenvalue weighted by Gasteiger charge is -2.56. The molecule has 3 aliphatic heterocycles. The summed E-state index contributed by atoms with van der Waals surface area (Å²) < 4.78 is 27.6. The molecule has 3 saturated heterocycles. The molecular formula is C19H29N5O3S. The molecule has 8 nitrogen and oxygen atoms in total. The van der Waals surface area contributed by atoms with Crippen molar-refractivity contribution in [1.82, 2.24) is 24.5 Å². The number of aromatic amines is 1. The molecule has 2 N–H and O–H groups in total. The third-order valence-corrected chi connectivity index (χ3v) is 8.88. The highest BCUT2D eigenvalue weighted by Crippen LogP contribution is 2.41. The van der Waals surface area contributed by atoms with Gasteiger partial charge in [0.2, 0.25) is 15.9 Å². The fourth-order valence-electron chi connectivity index (χ4n) is 5.56. The summed E-state index contributed by atoms with van der Waals surface area (Å²) in [7, 11) is -3.24. The van der Waals surface area contributed by atoms with E-state index in [9.17, 15) is 13.2 Å². The number of hydrogen-bond donors (Lipinski definition) is 2. The maximum Gasteiger partial charge on any atom is 0.223 e. The van der Waals surface area contributed by atoms with E-state index >= 15 is 0 Å². The SMILES string of the molecule is O=C1CCC[C@H]2[C@@H]3C[C@@H](CN(Cc4ncc[nH]4)C3)[C@H](CNS(=O)(=O)C3CC3)N12. The number of piperidine rings is 3. The van der Waals surface area contributed by atoms with Gasteiger partial charge in [-0.25, -0.2) is 18.1 Å². The van der Waals surface area contributed by atoms with E-state index in [1.165, 1.54) is 0 Å². The van der Waals surface area contributed by atoms with Gasteiger partial charge >= 0.3 is 0 Å². The van der Waals surface area contributed by atoms with Gasteiger partial charge in [0, 0.05) is 50.5 Å². The van der Waals surface area contributed by atoms with Gasteiger partial charge in [-0.1, -0.05) is 0 Å². The van der Waals surface area contributed by atoms with Crippen molar-refractivity contribution in [1.29, 1.82) is 0 Å². The van der Waals surface area contributed by atoms with Gasteiger partial charge in [0.25, 0.3) is 0 Å². The average molecular weight is 408 g/mol. The number of sulfonamides is 1. The Morgan fingerprint density at radius 3 is 2.79 bits per heavy atom. The molecular weight excluding hydrogens is 378 g/mol. The molecule has 0 unspecified atom stereocenters. The predicted octanol–water partition coefficient (Wildman–Crippen LogP) is 0.693. The molecule has 0 radical (unpaired) electrons. The third kappa shape index (κ3) is 3.48. The van der Waals surface area contributed by atoms with Crippen molar-refractivity contribution in [2.75, 3.05) is 19.6 Å². The van der Waals surface area contributed by atoms with Gasteiger partial charge in [-0.3, -0.25) is 9.69 Å². The van der Waals surface area contributed by atoms with Gasteiger partial charge < -0.3 is 9.88 Å². The lowest BCUT2D eigenvalue weighted by molar-refractivity contribution is -0.152. The molecule has 1 saturated carbocycles. The summed E-state index contributed by atoms with van der Waals surface area (Å²) in [6.45, 7) is 2.99. The zero-order chi connectivity index (χ0) is 19.3. The maximum atomic E-state index is 12.8. The molecule has 154 valence electrons. The normalized spacial score (nSPS) is 33.7. The van der Waals surface area contributed by atoms with E-state index in [-0.39, 0.29) is 23.2 Å². The zero-order valence-corrected chi connectivity index (χ0v) is 16.9. The second kappa shape index (κ2) is 7.11. The van der Waals surface area contributed by atoms with Gasteiger partial charge in [-0.2, -0.15) is 0 Å². The van der Waals surface area contributed by atoms with Crippen LogP contribution < -0.4 is 4.72 Å². The first kappa shape index (κ1) is 18.6. The van der Waals surface area contributed by atoms with Crippen LogP contribution in [0.25, 0.3) is 0 Å². The topological polar surface area (TPSA) is 98.4 Å². The van der Waals surface area contributed by atoms with E-state index in [2.05, 4.69) is 24.5 Å². The number of amides is 1. The van der Waals surface area contributed by atoms with Crippen molar-refractivity contribution in [2.24, 2.45) is 11.8 Å². The van der Waals surface area contributed by atoms with E-state index < -0.39 is 10.0 Å². The first-order chi connectivity index (χ1) is 13.5. The fourth-order valence-corrected chi connectivity index (χ4v) is 6.95. The van der Waals surface area contributed by atoms with Crippen LogP contribution in [-0.4, -0.2) is 71.1 Å². The quantitative estimate of drug-likeness (QED) is 0.723. The molecule has 28 heavy (non-hydrogen) atoms. The molecule has 1 amide bonds. The molecule has 4 heterocycles. The Hall–Kier alpha value is -1.45. The number of carbonyl (C=O) groups excluding carboxylic acids is 1. The Morgan fingerprint density at radius 1 is 1.21 bits per heavy atom. The lowest BCUT2D eigenvalue weighted by Crippen LogP contribution is -2.67. The zero-order valence-electron chi connectivity index (χ0n) is 16.1. The van der Waals surface area contributed by atoms with E-state index in [0.717, 1.165) is 57.6 Å². The minimum Gasteiger partial charge on any atom is -0.348 e. The standard InChI is InChI=1S/C19H29N5O3S/c25-19-3-1-2-16-13-8-14(11-23(10-13)12-18-20-6-7-21-18)17(24(16)19)9-22-28(26,27)15-4-5-15/h6-7,13-17,22H,1-5,8-12H2,(H,20,21)/t13-,14+,16+,17+/m1/s1. The van der Waals surface area contributed by atoms with Crippen LogP contribution in [0.2, 0.25) is 0 Å². The van der Waals surface area contributed by atoms with Crippen molar-refractivity contribution in [3.05, 3.63) is 18.2 Å². The third-order valence-electron chi connectivity index (χ3n) is 6.96. The van der Waals surface area contributed by atoms with Crippen LogP contribution in [-0.2, 0) is 21.4 Å². The van der Waals surface area contributed by atoms with Crippen LogP contribution in [0, 0.1) is 11.8 Å². The first-order valence-corrected chi connectivity index (χ1v) is 12.1. The molecule has 5 rings (SSSR count). The molecule has 0 aromatic carbocycles. The smallest absolute Gasteiger partial charge is 0.223 e. The molecule has 2 bridgehead atoms. The van der Waals surface area contributed by atoms with Crippen LogP contribution in [0.3, 0.4) is 0 Å². The summed E-state index contributed by atoms with van der Waals surface area (Å²) >= 11 is 0. The Balaban J connectivity index is 1.36. The van der Waals surface area contributed by atoms with Crippen molar-refractivity contribution in [3.63, 3.8) is 0 Å². The van der Waals surface area contributed by atoms with E-state index in [0.29, 0.717) is 24.8 Å². The number of fused-ring (bicyclic) bond motifs is 4. The highest BCUT2D eigenvalue weighted by molar-refractivity contribution is 7.90. The van der Waals surface area contributed by atoms with Crippen molar-refractivity contribution in [2.45, 2.75) is 62.4 Å². The number of hydrogen-bond acceptors (Lipinski definition) is 5. The number of nitrogens with zero attached hydrogens (tertiary/aromatic N) is 3. The van der Waals surface area contributed by atoms with Crippen LogP contribution >= 0.6 is 0 Å². The Bertz CT molecular complexity index is 823. The number of imidazole rings is 1. The number of aromatic nitrogens is 2. The molecule has 0 spiro atoms. The Kier molecular flexibility index (Phi) is 4.71. The molecule has 1 aromatic heterocycles. The van der Waals surface area contributed by atoms with Gasteiger partial charge in [0.1, 0.15) is 5.82 Å². The number of rotatable bonds is 6. The molecule has 1 aromatic rings.